The van der Waals surface area contributed by atoms with Crippen molar-refractivity contribution in [3.63, 3.8) is 0 Å². The van der Waals surface area contributed by atoms with Gasteiger partial charge in [-0.3, -0.25) is 0 Å². The molecule has 0 fully saturated rings. The van der Waals surface area contributed by atoms with Crippen LogP contribution >= 0.6 is 22.7 Å². The second-order valence-corrected chi connectivity index (χ2v) is 6.58. The highest BCUT2D eigenvalue weighted by Crippen LogP contribution is 2.27. The van der Waals surface area contributed by atoms with Crippen molar-refractivity contribution in [2.45, 2.75) is 0 Å². The number of nitrogens with zero attached hydrogens (tertiary/aromatic N) is 3. The van der Waals surface area contributed by atoms with E-state index in [0.717, 1.165) is 27.1 Å². The van der Waals surface area contributed by atoms with Crippen molar-refractivity contribution in [2.24, 2.45) is 0 Å². The SMILES string of the molecule is c1ccc(OCCNc2nn3c(-c4ccsc4)cnc3s2)cc1. The minimum Gasteiger partial charge on any atom is -0.492 e. The number of thiophene rings is 1. The van der Waals surface area contributed by atoms with Crippen LogP contribution in [0.1, 0.15) is 0 Å². The lowest BCUT2D eigenvalue weighted by Gasteiger charge is -2.05. The summed E-state index contributed by atoms with van der Waals surface area (Å²) in [6.45, 7) is 1.28. The summed E-state index contributed by atoms with van der Waals surface area (Å²) in [6.07, 6.45) is 1.86. The molecular formula is C16H14N4OS2. The lowest BCUT2D eigenvalue weighted by atomic mass is 10.3. The molecule has 0 saturated carbocycles. The highest BCUT2D eigenvalue weighted by atomic mass is 32.1. The highest BCUT2D eigenvalue weighted by molar-refractivity contribution is 7.20. The Balaban J connectivity index is 1.40. The molecule has 7 heteroatoms. The Kier molecular flexibility index (Phi) is 3.95. The number of aromatic nitrogens is 3. The summed E-state index contributed by atoms with van der Waals surface area (Å²) in [7, 11) is 0. The van der Waals surface area contributed by atoms with E-state index in [1.807, 2.05) is 41.0 Å². The molecule has 0 aliphatic carbocycles. The van der Waals surface area contributed by atoms with Gasteiger partial charge in [0.25, 0.3) is 0 Å². The highest BCUT2D eigenvalue weighted by Gasteiger charge is 2.11. The first-order chi connectivity index (χ1) is 11.4. The van der Waals surface area contributed by atoms with Gasteiger partial charge in [-0.2, -0.15) is 11.3 Å². The van der Waals surface area contributed by atoms with Gasteiger partial charge in [-0.25, -0.2) is 9.50 Å². The van der Waals surface area contributed by atoms with Crippen molar-refractivity contribution in [1.29, 1.82) is 0 Å². The Morgan fingerprint density at radius 3 is 2.91 bits per heavy atom. The Labute approximate surface area is 141 Å². The fraction of sp³-hybridized carbons (Fsp3) is 0.125. The van der Waals surface area contributed by atoms with Crippen LogP contribution in [0.25, 0.3) is 16.2 Å². The molecule has 3 heterocycles. The van der Waals surface area contributed by atoms with Crippen molar-refractivity contribution in [1.82, 2.24) is 14.6 Å². The molecule has 23 heavy (non-hydrogen) atoms. The predicted molar refractivity (Wildman–Crippen MR) is 94.6 cm³/mol. The smallest absolute Gasteiger partial charge is 0.214 e. The minimum absolute atomic E-state index is 0.587. The molecule has 0 atom stereocenters. The van der Waals surface area contributed by atoms with Crippen LogP contribution in [0, 0.1) is 0 Å². The molecule has 0 amide bonds. The van der Waals surface area contributed by atoms with Gasteiger partial charge in [0, 0.05) is 10.9 Å². The largest absolute Gasteiger partial charge is 0.492 e. The monoisotopic (exact) mass is 342 g/mol. The number of nitrogens with one attached hydrogen (secondary N) is 1. The van der Waals surface area contributed by atoms with E-state index in [-0.39, 0.29) is 0 Å². The maximum atomic E-state index is 5.66. The molecule has 0 aliphatic rings. The first-order valence-electron chi connectivity index (χ1n) is 7.19. The Morgan fingerprint density at radius 1 is 1.17 bits per heavy atom. The summed E-state index contributed by atoms with van der Waals surface area (Å²) in [5, 5.41) is 12.9. The maximum absolute atomic E-state index is 5.66. The Bertz CT molecular complexity index is 884. The summed E-state index contributed by atoms with van der Waals surface area (Å²) < 4.78 is 7.54. The van der Waals surface area contributed by atoms with Gasteiger partial charge >= 0.3 is 0 Å². The van der Waals surface area contributed by atoms with Crippen LogP contribution in [0.2, 0.25) is 0 Å². The van der Waals surface area contributed by atoms with E-state index in [0.29, 0.717) is 13.2 Å². The number of rotatable bonds is 6. The average molecular weight is 342 g/mol. The van der Waals surface area contributed by atoms with Crippen LogP contribution in [-0.4, -0.2) is 27.7 Å². The van der Waals surface area contributed by atoms with Gasteiger partial charge in [0.1, 0.15) is 12.4 Å². The number of hydrogen-bond donors (Lipinski definition) is 1. The van der Waals surface area contributed by atoms with Crippen LogP contribution in [-0.2, 0) is 0 Å². The molecule has 0 spiro atoms. The van der Waals surface area contributed by atoms with E-state index >= 15 is 0 Å². The third-order valence-corrected chi connectivity index (χ3v) is 4.86. The van der Waals surface area contributed by atoms with Crippen LogP contribution in [0.4, 0.5) is 5.13 Å². The lowest BCUT2D eigenvalue weighted by Crippen LogP contribution is -2.11. The zero-order valence-corrected chi connectivity index (χ0v) is 13.8. The first-order valence-corrected chi connectivity index (χ1v) is 8.95. The van der Waals surface area contributed by atoms with E-state index in [1.165, 1.54) is 11.3 Å². The van der Waals surface area contributed by atoms with E-state index in [4.69, 9.17) is 4.74 Å². The lowest BCUT2D eigenvalue weighted by molar-refractivity contribution is 0.333. The van der Waals surface area contributed by atoms with Gasteiger partial charge in [-0.05, 0) is 23.6 Å². The summed E-state index contributed by atoms with van der Waals surface area (Å²) in [5.41, 5.74) is 2.16. The molecule has 0 saturated heterocycles. The molecule has 1 aromatic carbocycles. The van der Waals surface area contributed by atoms with E-state index < -0.39 is 0 Å². The molecular weight excluding hydrogens is 328 g/mol. The second-order valence-electron chi connectivity index (χ2n) is 4.85. The number of para-hydroxylation sites is 1. The zero-order valence-electron chi connectivity index (χ0n) is 12.2. The molecule has 5 nitrogen and oxygen atoms in total. The van der Waals surface area contributed by atoms with Gasteiger partial charge in [0.2, 0.25) is 10.1 Å². The first kappa shape index (κ1) is 14.2. The van der Waals surface area contributed by atoms with Crippen molar-refractivity contribution in [3.05, 3.63) is 53.4 Å². The van der Waals surface area contributed by atoms with Crippen LogP contribution in [0.15, 0.2) is 53.4 Å². The fourth-order valence-corrected chi connectivity index (χ4v) is 3.67. The number of fused-ring (bicyclic) bond motifs is 1. The molecule has 3 aromatic heterocycles. The van der Waals surface area contributed by atoms with Gasteiger partial charge in [-0.1, -0.05) is 29.5 Å². The topological polar surface area (TPSA) is 51.5 Å². The number of anilines is 1. The molecule has 0 radical (unpaired) electrons. The molecule has 0 bridgehead atoms. The van der Waals surface area contributed by atoms with Crippen molar-refractivity contribution < 1.29 is 4.74 Å². The second kappa shape index (κ2) is 6.39. The van der Waals surface area contributed by atoms with Gasteiger partial charge < -0.3 is 10.1 Å². The molecule has 0 aliphatic heterocycles. The fourth-order valence-electron chi connectivity index (χ4n) is 2.21. The molecule has 4 rings (SSSR count). The van der Waals surface area contributed by atoms with Gasteiger partial charge in [0.05, 0.1) is 18.4 Å². The predicted octanol–water partition coefficient (Wildman–Crippen LogP) is 4.01. The number of hydrogen-bond acceptors (Lipinski definition) is 6. The van der Waals surface area contributed by atoms with Crippen molar-refractivity contribution >= 4 is 32.8 Å². The van der Waals surface area contributed by atoms with Gasteiger partial charge in [0.15, 0.2) is 0 Å². The molecule has 116 valence electrons. The summed E-state index contributed by atoms with van der Waals surface area (Å²) in [5.74, 6) is 0.878. The van der Waals surface area contributed by atoms with Crippen LogP contribution < -0.4 is 10.1 Å². The quantitative estimate of drug-likeness (QED) is 0.538. The van der Waals surface area contributed by atoms with E-state index in [9.17, 15) is 0 Å². The number of imidazole rings is 1. The standard InChI is InChI=1S/C16H14N4OS2/c1-2-4-13(5-3-1)21-8-7-17-15-19-20-14(10-18-16(20)23-15)12-6-9-22-11-12/h1-6,9-11H,7-8H2,(H,17,19). The normalized spacial score (nSPS) is 11.0. The minimum atomic E-state index is 0.587. The third-order valence-electron chi connectivity index (χ3n) is 3.29. The third kappa shape index (κ3) is 3.06. The van der Waals surface area contributed by atoms with Crippen molar-refractivity contribution in [2.75, 3.05) is 18.5 Å². The molecule has 0 unspecified atom stereocenters. The summed E-state index contributed by atoms with van der Waals surface area (Å²) >= 11 is 3.21. The molecule has 1 N–H and O–H groups in total. The van der Waals surface area contributed by atoms with Crippen LogP contribution in [0.3, 0.4) is 0 Å². The van der Waals surface area contributed by atoms with Crippen LogP contribution in [0.5, 0.6) is 5.75 Å². The molecule has 4 aromatic rings. The zero-order chi connectivity index (χ0) is 15.5. The van der Waals surface area contributed by atoms with E-state index in [2.05, 4.69) is 32.2 Å². The Hall–Kier alpha value is -2.38. The maximum Gasteiger partial charge on any atom is 0.214 e. The summed E-state index contributed by atoms with van der Waals surface area (Å²) in [6, 6.07) is 11.9. The van der Waals surface area contributed by atoms with E-state index in [1.54, 1.807) is 11.3 Å². The number of ether oxygens (including phenoxy) is 1. The summed E-state index contributed by atoms with van der Waals surface area (Å²) in [4.78, 5) is 5.31. The van der Waals surface area contributed by atoms with Crippen molar-refractivity contribution in [3.8, 4) is 17.0 Å². The Morgan fingerprint density at radius 2 is 2.09 bits per heavy atom. The van der Waals surface area contributed by atoms with Gasteiger partial charge in [-0.15, -0.1) is 5.10 Å². The average Bonchev–Trinajstić information content (AvgIpc) is 3.29. The number of benzene rings is 1.